The average molecular weight is 727 g/mol. The quantitative estimate of drug-likeness (QED) is 0.121. The molecule has 2 fully saturated rings. The number of nitrogens with one attached hydrogen (secondary N) is 2. The number of fused-ring (bicyclic) bond motifs is 2. The van der Waals surface area contributed by atoms with E-state index in [1.807, 2.05) is 51.7 Å². The molecule has 1 saturated carbocycles. The van der Waals surface area contributed by atoms with Gasteiger partial charge >= 0.3 is 6.09 Å². The SMILES string of the molecule is CCc1cn([C@@H]2C[C@H](CNCCCN(CCc3ccc(C)cc3)C(=O)OC(C)(C)C)[C@H]3OC(C)(C)O[C@H]32)c2ncnc(NCc3ccc(OC)cc3)c12. The summed E-state index contributed by atoms with van der Waals surface area (Å²) in [6, 6.07) is 16.6. The Morgan fingerprint density at radius 2 is 1.74 bits per heavy atom. The van der Waals surface area contributed by atoms with Gasteiger partial charge in [-0.2, -0.15) is 0 Å². The predicted molar refractivity (Wildman–Crippen MR) is 208 cm³/mol. The number of carbonyl (C=O) groups excluding carboxylic acids is 1. The third kappa shape index (κ3) is 9.49. The molecule has 11 nitrogen and oxygen atoms in total. The number of benzene rings is 2. The minimum atomic E-state index is -0.672. The van der Waals surface area contributed by atoms with Crippen molar-refractivity contribution in [3.05, 3.63) is 83.3 Å². The Morgan fingerprint density at radius 1 is 1.02 bits per heavy atom. The first-order valence-electron chi connectivity index (χ1n) is 19.1. The Balaban J connectivity index is 1.11. The molecular weight excluding hydrogens is 668 g/mol. The van der Waals surface area contributed by atoms with Crippen LogP contribution in [-0.2, 0) is 33.6 Å². The number of aryl methyl sites for hydroxylation is 2. The van der Waals surface area contributed by atoms with Gasteiger partial charge in [0.1, 0.15) is 35.2 Å². The molecule has 0 bridgehead atoms. The number of methoxy groups -OCH3 is 1. The highest BCUT2D eigenvalue weighted by Gasteiger charge is 2.54. The fourth-order valence-corrected chi connectivity index (χ4v) is 7.60. The van der Waals surface area contributed by atoms with Crippen LogP contribution in [0.3, 0.4) is 0 Å². The number of aromatic nitrogens is 3. The molecule has 1 aliphatic heterocycles. The van der Waals surface area contributed by atoms with Crippen molar-refractivity contribution in [1.29, 1.82) is 0 Å². The summed E-state index contributed by atoms with van der Waals surface area (Å²) in [6.07, 6.45) is 6.82. The lowest BCUT2D eigenvalue weighted by atomic mass is 10.1. The minimum Gasteiger partial charge on any atom is -0.497 e. The smallest absolute Gasteiger partial charge is 0.410 e. The maximum Gasteiger partial charge on any atom is 0.410 e. The highest BCUT2D eigenvalue weighted by molar-refractivity contribution is 5.91. The van der Waals surface area contributed by atoms with E-state index in [1.54, 1.807) is 13.4 Å². The van der Waals surface area contributed by atoms with Gasteiger partial charge in [0.15, 0.2) is 5.79 Å². The topological polar surface area (TPSA) is 112 Å². The maximum absolute atomic E-state index is 13.2. The van der Waals surface area contributed by atoms with Gasteiger partial charge in [-0.05, 0) is 103 Å². The predicted octanol–water partition coefficient (Wildman–Crippen LogP) is 7.46. The first kappa shape index (κ1) is 38.5. The lowest BCUT2D eigenvalue weighted by Crippen LogP contribution is -2.39. The van der Waals surface area contributed by atoms with E-state index in [0.717, 1.165) is 66.9 Å². The molecule has 2 N–H and O–H groups in total. The standard InChI is InChI=1S/C42H58N6O5/c1-9-31-26-48(39-35(31)38(45-27-46-39)44-24-30-15-17-33(50-8)18-16-30)34-23-32(36-37(34)52-42(6,7)51-36)25-43-20-10-21-47(40(49)53-41(3,4)5)22-19-29-13-11-28(2)12-14-29/h11-18,26-27,32,34,36-37,43H,9-10,19-25H2,1-8H3,(H,44,45,46)/t32-,34-,36-,37+/m1/s1. The Morgan fingerprint density at radius 3 is 2.43 bits per heavy atom. The first-order chi connectivity index (χ1) is 25.3. The molecule has 2 aromatic heterocycles. The molecule has 1 saturated heterocycles. The van der Waals surface area contributed by atoms with Crippen LogP contribution >= 0.6 is 0 Å². The average Bonchev–Trinajstić information content (AvgIpc) is 3.76. The Labute approximate surface area is 314 Å². The Bertz CT molecular complexity index is 1820. The molecule has 4 aromatic rings. The molecule has 0 radical (unpaired) electrons. The van der Waals surface area contributed by atoms with Crippen LogP contribution in [0.25, 0.3) is 11.0 Å². The Hall–Kier alpha value is -4.19. The van der Waals surface area contributed by atoms with E-state index in [2.05, 4.69) is 76.6 Å². The second-order valence-corrected chi connectivity index (χ2v) is 15.9. The zero-order chi connectivity index (χ0) is 37.8. The summed E-state index contributed by atoms with van der Waals surface area (Å²) in [5.74, 6) is 1.24. The van der Waals surface area contributed by atoms with Crippen LogP contribution in [0.4, 0.5) is 10.6 Å². The number of hydrogen-bond donors (Lipinski definition) is 2. The maximum atomic E-state index is 13.2. The molecule has 286 valence electrons. The normalized spacial score (nSPS) is 20.8. The van der Waals surface area contributed by atoms with Crippen molar-refractivity contribution < 1.29 is 23.7 Å². The van der Waals surface area contributed by atoms with Crippen molar-refractivity contribution in [2.24, 2.45) is 5.92 Å². The number of anilines is 1. The second-order valence-electron chi connectivity index (χ2n) is 15.9. The van der Waals surface area contributed by atoms with Gasteiger partial charge in [0.05, 0.1) is 24.6 Å². The van der Waals surface area contributed by atoms with Crippen molar-refractivity contribution in [2.75, 3.05) is 38.6 Å². The van der Waals surface area contributed by atoms with Gasteiger partial charge in [0.25, 0.3) is 0 Å². The van der Waals surface area contributed by atoms with Gasteiger partial charge in [0.2, 0.25) is 0 Å². The van der Waals surface area contributed by atoms with E-state index in [4.69, 9.17) is 23.9 Å². The summed E-state index contributed by atoms with van der Waals surface area (Å²) in [7, 11) is 1.68. The van der Waals surface area contributed by atoms with Gasteiger partial charge in [-0.1, -0.05) is 48.9 Å². The van der Waals surface area contributed by atoms with Crippen LogP contribution in [0.2, 0.25) is 0 Å². The molecule has 2 aliphatic rings. The summed E-state index contributed by atoms with van der Waals surface area (Å²) in [4.78, 5) is 24.5. The first-order valence-corrected chi connectivity index (χ1v) is 19.1. The minimum absolute atomic E-state index is 0.0488. The van der Waals surface area contributed by atoms with Crippen molar-refractivity contribution in [3.8, 4) is 5.75 Å². The molecule has 0 spiro atoms. The molecule has 3 heterocycles. The zero-order valence-corrected chi connectivity index (χ0v) is 32.8. The highest BCUT2D eigenvalue weighted by Crippen LogP contribution is 2.48. The van der Waals surface area contributed by atoms with Gasteiger partial charge in [-0.3, -0.25) is 0 Å². The van der Waals surface area contributed by atoms with Crippen LogP contribution < -0.4 is 15.4 Å². The van der Waals surface area contributed by atoms with E-state index in [-0.39, 0.29) is 30.3 Å². The fourth-order valence-electron chi connectivity index (χ4n) is 7.60. The van der Waals surface area contributed by atoms with Crippen molar-refractivity contribution >= 4 is 22.9 Å². The summed E-state index contributed by atoms with van der Waals surface area (Å²) >= 11 is 0. The molecule has 4 atom stereocenters. The number of carbonyl (C=O) groups is 1. The van der Waals surface area contributed by atoms with Crippen LogP contribution in [0.1, 0.15) is 82.7 Å². The Kier molecular flexibility index (Phi) is 12.0. The van der Waals surface area contributed by atoms with Gasteiger partial charge < -0.3 is 39.0 Å². The van der Waals surface area contributed by atoms with E-state index in [1.165, 1.54) is 16.7 Å². The largest absolute Gasteiger partial charge is 0.497 e. The summed E-state index contributed by atoms with van der Waals surface area (Å²) < 4.78 is 26.6. The van der Waals surface area contributed by atoms with E-state index in [9.17, 15) is 4.79 Å². The number of ether oxygens (including phenoxy) is 4. The monoisotopic (exact) mass is 726 g/mol. The van der Waals surface area contributed by atoms with Crippen LogP contribution in [-0.4, -0.2) is 82.4 Å². The lowest BCUT2D eigenvalue weighted by Gasteiger charge is -2.28. The molecule has 0 unspecified atom stereocenters. The van der Waals surface area contributed by atoms with Crippen LogP contribution in [0, 0.1) is 12.8 Å². The second kappa shape index (κ2) is 16.4. The number of nitrogens with zero attached hydrogens (tertiary/aromatic N) is 4. The summed E-state index contributed by atoms with van der Waals surface area (Å²) in [6.45, 7) is 17.4. The van der Waals surface area contributed by atoms with E-state index >= 15 is 0 Å². The summed E-state index contributed by atoms with van der Waals surface area (Å²) in [5.41, 5.74) is 5.14. The molecule has 1 amide bonds. The molecule has 1 aliphatic carbocycles. The third-order valence-electron chi connectivity index (χ3n) is 10.2. The molecule has 11 heteroatoms. The number of amides is 1. The van der Waals surface area contributed by atoms with Crippen molar-refractivity contribution in [2.45, 2.75) is 110 Å². The lowest BCUT2D eigenvalue weighted by molar-refractivity contribution is -0.160. The van der Waals surface area contributed by atoms with Gasteiger partial charge in [0, 0.05) is 38.3 Å². The van der Waals surface area contributed by atoms with Crippen LogP contribution in [0.5, 0.6) is 5.75 Å². The van der Waals surface area contributed by atoms with E-state index < -0.39 is 11.4 Å². The molecule has 2 aromatic carbocycles. The number of rotatable bonds is 15. The van der Waals surface area contributed by atoms with E-state index in [0.29, 0.717) is 19.6 Å². The third-order valence-corrected chi connectivity index (χ3v) is 10.2. The summed E-state index contributed by atoms with van der Waals surface area (Å²) in [5, 5.41) is 8.32. The number of hydrogen-bond acceptors (Lipinski definition) is 9. The molecular formula is C42H58N6O5. The fraction of sp³-hybridized carbons (Fsp3) is 0.548. The zero-order valence-electron chi connectivity index (χ0n) is 32.8. The molecule has 6 rings (SSSR count). The van der Waals surface area contributed by atoms with Gasteiger partial charge in [-0.15, -0.1) is 0 Å². The van der Waals surface area contributed by atoms with Crippen LogP contribution in [0.15, 0.2) is 61.1 Å². The van der Waals surface area contributed by atoms with Crippen molar-refractivity contribution in [3.63, 3.8) is 0 Å². The van der Waals surface area contributed by atoms with Gasteiger partial charge in [-0.25, -0.2) is 14.8 Å². The van der Waals surface area contributed by atoms with Crippen molar-refractivity contribution in [1.82, 2.24) is 24.8 Å². The molecule has 53 heavy (non-hydrogen) atoms. The highest BCUT2D eigenvalue weighted by atomic mass is 16.8.